The predicted molar refractivity (Wildman–Crippen MR) is 79.3 cm³/mol. The Balaban J connectivity index is 1.70. The Labute approximate surface area is 120 Å². The predicted octanol–water partition coefficient (Wildman–Crippen LogP) is 2.63. The Kier molecular flexibility index (Phi) is 3.57. The highest BCUT2D eigenvalue weighted by Crippen LogP contribution is 2.41. The lowest BCUT2D eigenvalue weighted by Gasteiger charge is -2.17. The van der Waals surface area contributed by atoms with Crippen LogP contribution >= 0.6 is 0 Å². The van der Waals surface area contributed by atoms with Crippen molar-refractivity contribution in [3.63, 3.8) is 0 Å². The molecule has 2 heterocycles. The molecule has 2 aromatic rings. The van der Waals surface area contributed by atoms with E-state index >= 15 is 0 Å². The van der Waals surface area contributed by atoms with Gasteiger partial charge in [-0.25, -0.2) is 0 Å². The largest absolute Gasteiger partial charge is 0.296 e. The summed E-state index contributed by atoms with van der Waals surface area (Å²) in [6, 6.07) is 4.11. The number of nitrogens with zero attached hydrogens (tertiary/aromatic N) is 4. The smallest absolute Gasteiger partial charge is 0.0573 e. The van der Waals surface area contributed by atoms with E-state index in [0.29, 0.717) is 0 Å². The Morgan fingerprint density at radius 3 is 2.85 bits per heavy atom. The Morgan fingerprint density at radius 1 is 1.35 bits per heavy atom. The number of aryl methyl sites for hydroxylation is 2. The number of aromatic nitrogens is 3. The third kappa shape index (κ3) is 2.75. The van der Waals surface area contributed by atoms with Crippen molar-refractivity contribution < 1.29 is 0 Å². The Bertz CT molecular complexity index is 598. The first-order chi connectivity index (χ1) is 9.65. The maximum Gasteiger partial charge on any atom is 0.0573 e. The molecule has 1 fully saturated rings. The molecule has 1 aliphatic carbocycles. The maximum absolute atomic E-state index is 4.47. The molecule has 0 bridgehead atoms. The topological polar surface area (TPSA) is 34.0 Å². The molecule has 4 nitrogen and oxygen atoms in total. The summed E-state index contributed by atoms with van der Waals surface area (Å²) < 4.78 is 2.05. The fraction of sp³-hybridized carbons (Fsp3) is 0.500. The van der Waals surface area contributed by atoms with Crippen molar-refractivity contribution in [3.05, 3.63) is 47.0 Å². The SMILES string of the molecule is Cc1cccnc1CN(C)Cc1cnn(C)c1C1CC1. The summed E-state index contributed by atoms with van der Waals surface area (Å²) in [5.41, 5.74) is 5.21. The van der Waals surface area contributed by atoms with Gasteiger partial charge in [-0.2, -0.15) is 5.10 Å². The van der Waals surface area contributed by atoms with E-state index in [1.165, 1.54) is 29.7 Å². The molecule has 1 aliphatic rings. The number of hydrogen-bond acceptors (Lipinski definition) is 3. The third-order valence-electron chi connectivity index (χ3n) is 4.01. The fourth-order valence-electron chi connectivity index (χ4n) is 2.78. The van der Waals surface area contributed by atoms with Crippen LogP contribution in [0.25, 0.3) is 0 Å². The van der Waals surface area contributed by atoms with Crippen LogP contribution in [0.2, 0.25) is 0 Å². The normalized spacial score (nSPS) is 15.0. The molecule has 0 saturated heterocycles. The van der Waals surface area contributed by atoms with Crippen LogP contribution in [-0.2, 0) is 20.1 Å². The highest BCUT2D eigenvalue weighted by atomic mass is 15.3. The first-order valence-corrected chi connectivity index (χ1v) is 7.25. The van der Waals surface area contributed by atoms with E-state index in [9.17, 15) is 0 Å². The van der Waals surface area contributed by atoms with E-state index in [1.54, 1.807) is 0 Å². The van der Waals surface area contributed by atoms with Gasteiger partial charge < -0.3 is 0 Å². The molecule has 0 aromatic carbocycles. The first-order valence-electron chi connectivity index (χ1n) is 7.25. The fourth-order valence-corrected chi connectivity index (χ4v) is 2.78. The monoisotopic (exact) mass is 270 g/mol. The summed E-state index contributed by atoms with van der Waals surface area (Å²) in [6.07, 6.45) is 6.52. The van der Waals surface area contributed by atoms with Crippen molar-refractivity contribution >= 4 is 0 Å². The quantitative estimate of drug-likeness (QED) is 0.837. The van der Waals surface area contributed by atoms with Gasteiger partial charge >= 0.3 is 0 Å². The molecular formula is C16H22N4. The molecule has 106 valence electrons. The average Bonchev–Trinajstić information content (AvgIpc) is 3.18. The van der Waals surface area contributed by atoms with Crippen LogP contribution in [0, 0.1) is 6.92 Å². The summed E-state index contributed by atoms with van der Waals surface area (Å²) in [4.78, 5) is 6.79. The molecule has 2 aromatic heterocycles. The van der Waals surface area contributed by atoms with E-state index in [4.69, 9.17) is 0 Å². The lowest BCUT2D eigenvalue weighted by molar-refractivity contribution is 0.313. The average molecular weight is 270 g/mol. The molecule has 1 saturated carbocycles. The van der Waals surface area contributed by atoms with Crippen molar-refractivity contribution in [1.29, 1.82) is 0 Å². The summed E-state index contributed by atoms with van der Waals surface area (Å²) in [5, 5.41) is 4.43. The molecule has 4 heteroatoms. The summed E-state index contributed by atoms with van der Waals surface area (Å²) >= 11 is 0. The van der Waals surface area contributed by atoms with Crippen molar-refractivity contribution in [2.75, 3.05) is 7.05 Å². The number of hydrogen-bond donors (Lipinski definition) is 0. The second-order valence-electron chi connectivity index (χ2n) is 5.89. The minimum atomic E-state index is 0.738. The van der Waals surface area contributed by atoms with E-state index in [-0.39, 0.29) is 0 Å². The second kappa shape index (κ2) is 5.37. The molecule has 0 spiro atoms. The van der Waals surface area contributed by atoms with Gasteiger partial charge in [0.1, 0.15) is 0 Å². The molecule has 3 rings (SSSR count). The van der Waals surface area contributed by atoms with E-state index in [2.05, 4.69) is 42.1 Å². The summed E-state index contributed by atoms with van der Waals surface area (Å²) in [6.45, 7) is 3.94. The van der Waals surface area contributed by atoms with Gasteiger partial charge in [-0.05, 0) is 38.4 Å². The maximum atomic E-state index is 4.47. The van der Waals surface area contributed by atoms with Gasteiger partial charge in [-0.15, -0.1) is 0 Å². The summed E-state index contributed by atoms with van der Waals surface area (Å²) in [5.74, 6) is 0.738. The van der Waals surface area contributed by atoms with E-state index < -0.39 is 0 Å². The first kappa shape index (κ1) is 13.3. The minimum absolute atomic E-state index is 0.738. The van der Waals surface area contributed by atoms with E-state index in [0.717, 1.165) is 24.7 Å². The lowest BCUT2D eigenvalue weighted by Crippen LogP contribution is -2.19. The number of rotatable bonds is 5. The van der Waals surface area contributed by atoms with Crippen molar-refractivity contribution in [2.24, 2.45) is 7.05 Å². The third-order valence-corrected chi connectivity index (χ3v) is 4.01. The summed E-state index contributed by atoms with van der Waals surface area (Å²) in [7, 11) is 4.21. The Hall–Kier alpha value is -1.68. The van der Waals surface area contributed by atoms with Gasteiger partial charge in [0, 0.05) is 43.5 Å². The molecular weight excluding hydrogens is 248 g/mol. The van der Waals surface area contributed by atoms with Crippen molar-refractivity contribution in [1.82, 2.24) is 19.7 Å². The molecule has 20 heavy (non-hydrogen) atoms. The standard InChI is InChI=1S/C16H22N4/c1-12-5-4-8-17-15(12)11-19(2)10-14-9-18-20(3)16(14)13-6-7-13/h4-5,8-9,13H,6-7,10-11H2,1-3H3. The second-order valence-corrected chi connectivity index (χ2v) is 5.89. The molecule has 0 N–H and O–H groups in total. The Morgan fingerprint density at radius 2 is 2.15 bits per heavy atom. The van der Waals surface area contributed by atoms with Gasteiger partial charge in [0.15, 0.2) is 0 Å². The zero-order valence-corrected chi connectivity index (χ0v) is 12.5. The molecule has 0 radical (unpaired) electrons. The van der Waals surface area contributed by atoms with Gasteiger partial charge in [-0.3, -0.25) is 14.6 Å². The molecule has 0 atom stereocenters. The minimum Gasteiger partial charge on any atom is -0.296 e. The van der Waals surface area contributed by atoms with Crippen LogP contribution in [0.15, 0.2) is 24.5 Å². The molecule has 0 aliphatic heterocycles. The van der Waals surface area contributed by atoms with Crippen molar-refractivity contribution in [2.45, 2.75) is 38.8 Å². The van der Waals surface area contributed by atoms with Crippen molar-refractivity contribution in [3.8, 4) is 0 Å². The van der Waals surface area contributed by atoms with Gasteiger partial charge in [0.25, 0.3) is 0 Å². The van der Waals surface area contributed by atoms with Crippen LogP contribution in [0.1, 0.15) is 41.3 Å². The van der Waals surface area contributed by atoms with Crippen LogP contribution in [0.3, 0.4) is 0 Å². The zero-order chi connectivity index (χ0) is 14.1. The van der Waals surface area contributed by atoms with Crippen LogP contribution < -0.4 is 0 Å². The molecule has 0 amide bonds. The van der Waals surface area contributed by atoms with Crippen LogP contribution in [-0.4, -0.2) is 26.7 Å². The highest BCUT2D eigenvalue weighted by molar-refractivity contribution is 5.25. The lowest BCUT2D eigenvalue weighted by atomic mass is 10.1. The van der Waals surface area contributed by atoms with Gasteiger partial charge in [0.2, 0.25) is 0 Å². The number of pyridine rings is 1. The zero-order valence-electron chi connectivity index (χ0n) is 12.5. The van der Waals surface area contributed by atoms with Gasteiger partial charge in [0.05, 0.1) is 11.9 Å². The molecule has 0 unspecified atom stereocenters. The highest BCUT2D eigenvalue weighted by Gasteiger charge is 2.29. The van der Waals surface area contributed by atoms with Crippen LogP contribution in [0.4, 0.5) is 0 Å². The van der Waals surface area contributed by atoms with Gasteiger partial charge in [-0.1, -0.05) is 6.07 Å². The van der Waals surface area contributed by atoms with Crippen LogP contribution in [0.5, 0.6) is 0 Å². The van der Waals surface area contributed by atoms with E-state index in [1.807, 2.05) is 23.1 Å².